The molecule has 1 fully saturated rings. The third-order valence-electron chi connectivity index (χ3n) is 3.39. The van der Waals surface area contributed by atoms with Gasteiger partial charge in [0.1, 0.15) is 0 Å². The second-order valence-electron chi connectivity index (χ2n) is 4.71. The first kappa shape index (κ1) is 11.0. The molecule has 0 heterocycles. The van der Waals surface area contributed by atoms with Crippen molar-refractivity contribution in [3.8, 4) is 0 Å². The molecule has 1 aliphatic rings. The van der Waals surface area contributed by atoms with Crippen molar-refractivity contribution in [3.63, 3.8) is 0 Å². The summed E-state index contributed by atoms with van der Waals surface area (Å²) >= 11 is 0. The van der Waals surface area contributed by atoms with Gasteiger partial charge in [0.2, 0.25) is 0 Å². The third kappa shape index (κ3) is 3.28. The van der Waals surface area contributed by atoms with Gasteiger partial charge >= 0.3 is 0 Å². The molecule has 0 bridgehead atoms. The van der Waals surface area contributed by atoms with Crippen LogP contribution in [0.5, 0.6) is 0 Å². The molecular formula is C11H23NO. The Kier molecular flexibility index (Phi) is 4.20. The van der Waals surface area contributed by atoms with Crippen LogP contribution >= 0.6 is 0 Å². The van der Waals surface area contributed by atoms with Gasteiger partial charge in [-0.3, -0.25) is 0 Å². The summed E-state index contributed by atoms with van der Waals surface area (Å²) in [5.41, 5.74) is 0. The summed E-state index contributed by atoms with van der Waals surface area (Å²) in [6, 6.07) is 0.888. The van der Waals surface area contributed by atoms with Gasteiger partial charge in [0.15, 0.2) is 0 Å². The third-order valence-corrected chi connectivity index (χ3v) is 3.39. The Morgan fingerprint density at radius 2 is 2.00 bits per heavy atom. The van der Waals surface area contributed by atoms with Crippen molar-refractivity contribution in [2.45, 2.75) is 52.1 Å². The summed E-state index contributed by atoms with van der Waals surface area (Å²) in [4.78, 5) is 0. The highest BCUT2D eigenvalue weighted by atomic mass is 16.3. The molecule has 1 rings (SSSR count). The minimum atomic E-state index is 0.250. The van der Waals surface area contributed by atoms with Crippen molar-refractivity contribution in [3.05, 3.63) is 0 Å². The zero-order valence-electron chi connectivity index (χ0n) is 9.09. The highest BCUT2D eigenvalue weighted by Gasteiger charge is 2.24. The first-order valence-corrected chi connectivity index (χ1v) is 5.50. The summed E-state index contributed by atoms with van der Waals surface area (Å²) in [5.74, 6) is 1.71. The molecule has 0 amide bonds. The van der Waals surface area contributed by atoms with E-state index in [1.807, 2.05) is 6.92 Å². The van der Waals surface area contributed by atoms with E-state index in [0.29, 0.717) is 6.04 Å². The van der Waals surface area contributed by atoms with Gasteiger partial charge in [-0.25, -0.2) is 0 Å². The quantitative estimate of drug-likeness (QED) is 0.702. The van der Waals surface area contributed by atoms with Crippen molar-refractivity contribution >= 4 is 0 Å². The maximum Gasteiger partial charge on any atom is 0.0582 e. The van der Waals surface area contributed by atoms with E-state index in [9.17, 15) is 0 Å². The van der Waals surface area contributed by atoms with Crippen molar-refractivity contribution < 1.29 is 5.11 Å². The molecule has 1 saturated carbocycles. The lowest BCUT2D eigenvalue weighted by atomic mass is 9.79. The van der Waals surface area contributed by atoms with Gasteiger partial charge in [0.05, 0.1) is 6.61 Å². The second kappa shape index (κ2) is 4.97. The minimum absolute atomic E-state index is 0.250. The van der Waals surface area contributed by atoms with Crippen LogP contribution in [0.25, 0.3) is 0 Å². The number of hydrogen-bond donors (Lipinski definition) is 2. The van der Waals surface area contributed by atoms with Crippen molar-refractivity contribution in [2.75, 3.05) is 6.61 Å². The zero-order chi connectivity index (χ0) is 9.84. The number of hydrogen-bond acceptors (Lipinski definition) is 2. The molecule has 78 valence electrons. The molecule has 2 nitrogen and oxygen atoms in total. The van der Waals surface area contributed by atoms with E-state index in [4.69, 9.17) is 5.11 Å². The molecular weight excluding hydrogens is 162 g/mol. The lowest BCUT2D eigenvalue weighted by molar-refractivity contribution is 0.188. The highest BCUT2D eigenvalue weighted by Crippen LogP contribution is 2.29. The topological polar surface area (TPSA) is 32.3 Å². The predicted octanol–water partition coefficient (Wildman–Crippen LogP) is 1.78. The Labute approximate surface area is 81.7 Å². The van der Waals surface area contributed by atoms with Gasteiger partial charge in [-0.15, -0.1) is 0 Å². The van der Waals surface area contributed by atoms with E-state index < -0.39 is 0 Å². The Morgan fingerprint density at radius 3 is 2.54 bits per heavy atom. The molecule has 4 atom stereocenters. The van der Waals surface area contributed by atoms with Gasteiger partial charge in [-0.05, 0) is 38.0 Å². The maximum atomic E-state index is 8.92. The van der Waals surface area contributed by atoms with Crippen LogP contribution in [-0.4, -0.2) is 23.8 Å². The Morgan fingerprint density at radius 1 is 1.31 bits per heavy atom. The largest absolute Gasteiger partial charge is 0.395 e. The Bertz CT molecular complexity index is 147. The van der Waals surface area contributed by atoms with Gasteiger partial charge in [-0.1, -0.05) is 13.8 Å². The van der Waals surface area contributed by atoms with Gasteiger partial charge < -0.3 is 10.4 Å². The molecule has 2 heteroatoms. The van der Waals surface area contributed by atoms with Crippen LogP contribution in [0.4, 0.5) is 0 Å². The Balaban J connectivity index is 2.29. The lowest BCUT2D eigenvalue weighted by Gasteiger charge is -2.34. The molecule has 0 spiro atoms. The molecule has 1 aliphatic carbocycles. The lowest BCUT2D eigenvalue weighted by Crippen LogP contribution is -2.42. The number of rotatable bonds is 3. The second-order valence-corrected chi connectivity index (χ2v) is 4.71. The SMILES string of the molecule is CC(CO)NC1CCC(C)C(C)C1. The minimum Gasteiger partial charge on any atom is -0.395 e. The van der Waals surface area contributed by atoms with E-state index in [0.717, 1.165) is 11.8 Å². The van der Waals surface area contributed by atoms with Gasteiger partial charge in [-0.2, -0.15) is 0 Å². The standard InChI is InChI=1S/C11H23NO/c1-8-4-5-11(6-9(8)2)12-10(3)7-13/h8-13H,4-7H2,1-3H3. The molecule has 4 unspecified atom stereocenters. The fourth-order valence-corrected chi connectivity index (χ4v) is 2.15. The molecule has 13 heavy (non-hydrogen) atoms. The van der Waals surface area contributed by atoms with Crippen molar-refractivity contribution in [2.24, 2.45) is 11.8 Å². The van der Waals surface area contributed by atoms with E-state index in [-0.39, 0.29) is 12.6 Å². The fraction of sp³-hybridized carbons (Fsp3) is 1.00. The molecule has 0 aromatic rings. The van der Waals surface area contributed by atoms with Gasteiger partial charge in [0.25, 0.3) is 0 Å². The first-order chi connectivity index (χ1) is 6.13. The van der Waals surface area contributed by atoms with Crippen LogP contribution in [0.2, 0.25) is 0 Å². The summed E-state index contributed by atoms with van der Waals surface area (Å²) in [6.07, 6.45) is 3.87. The molecule has 0 radical (unpaired) electrons. The van der Waals surface area contributed by atoms with E-state index in [2.05, 4.69) is 19.2 Å². The Hall–Kier alpha value is -0.0800. The van der Waals surface area contributed by atoms with Crippen LogP contribution in [-0.2, 0) is 0 Å². The molecule has 0 aromatic heterocycles. The predicted molar refractivity (Wildman–Crippen MR) is 55.7 cm³/mol. The first-order valence-electron chi connectivity index (χ1n) is 5.50. The van der Waals surface area contributed by atoms with Gasteiger partial charge in [0, 0.05) is 12.1 Å². The van der Waals surface area contributed by atoms with Crippen molar-refractivity contribution in [1.82, 2.24) is 5.32 Å². The van der Waals surface area contributed by atoms with Crippen LogP contribution in [0.1, 0.15) is 40.0 Å². The monoisotopic (exact) mass is 185 g/mol. The molecule has 0 aromatic carbocycles. The van der Waals surface area contributed by atoms with Crippen LogP contribution in [0.3, 0.4) is 0 Å². The number of nitrogens with one attached hydrogen (secondary N) is 1. The summed E-state index contributed by atoms with van der Waals surface area (Å²) in [5, 5.41) is 12.4. The van der Waals surface area contributed by atoms with Crippen molar-refractivity contribution in [1.29, 1.82) is 0 Å². The maximum absolute atomic E-state index is 8.92. The molecule has 2 N–H and O–H groups in total. The van der Waals surface area contributed by atoms with E-state index in [1.165, 1.54) is 19.3 Å². The highest BCUT2D eigenvalue weighted by molar-refractivity contribution is 4.81. The molecule has 0 saturated heterocycles. The van der Waals surface area contributed by atoms with Crippen LogP contribution < -0.4 is 5.32 Å². The average Bonchev–Trinajstić information content (AvgIpc) is 2.11. The summed E-state index contributed by atoms with van der Waals surface area (Å²) < 4.78 is 0. The fourth-order valence-electron chi connectivity index (χ4n) is 2.15. The van der Waals surface area contributed by atoms with Crippen LogP contribution in [0, 0.1) is 11.8 Å². The number of aliphatic hydroxyl groups excluding tert-OH is 1. The smallest absolute Gasteiger partial charge is 0.0582 e. The average molecular weight is 185 g/mol. The van der Waals surface area contributed by atoms with E-state index >= 15 is 0 Å². The van der Waals surface area contributed by atoms with Crippen LogP contribution in [0.15, 0.2) is 0 Å². The molecule has 0 aliphatic heterocycles. The summed E-state index contributed by atoms with van der Waals surface area (Å²) in [7, 11) is 0. The normalized spacial score (nSPS) is 37.4. The summed E-state index contributed by atoms with van der Waals surface area (Å²) in [6.45, 7) is 6.97. The van der Waals surface area contributed by atoms with E-state index in [1.54, 1.807) is 0 Å². The number of aliphatic hydroxyl groups is 1. The zero-order valence-corrected chi connectivity index (χ0v) is 9.09.